The van der Waals surface area contributed by atoms with Crippen LogP contribution in [-0.4, -0.2) is 12.6 Å². The number of hydrogen-bond acceptors (Lipinski definition) is 1. The van der Waals surface area contributed by atoms with Crippen LogP contribution in [-0.2, 0) is 0 Å². The topological polar surface area (TPSA) is 33.1 Å². The van der Waals surface area contributed by atoms with E-state index >= 15 is 0 Å². The Morgan fingerprint density at radius 2 is 0.979 bits per heavy atom. The van der Waals surface area contributed by atoms with E-state index in [-0.39, 0.29) is 0 Å². The molecule has 0 N–H and O–H groups in total. The predicted octanol–water partition coefficient (Wildman–Crippen LogP) is 8.25. The first-order valence-corrected chi connectivity index (χ1v) is 18.0. The lowest BCUT2D eigenvalue weighted by atomic mass is 9.98. The summed E-state index contributed by atoms with van der Waals surface area (Å²) in [5, 5.41) is 17.9. The molecule has 0 fully saturated rings. The summed E-state index contributed by atoms with van der Waals surface area (Å²) in [5.41, 5.74) is 5.68. The number of hydrogen-bond donors (Lipinski definition) is 0. The van der Waals surface area contributed by atoms with Crippen LogP contribution in [0.4, 0.5) is 5.69 Å². The van der Waals surface area contributed by atoms with Crippen molar-refractivity contribution in [1.82, 2.24) is 4.57 Å². The van der Waals surface area contributed by atoms with Gasteiger partial charge in [-0.05, 0) is 62.2 Å². The van der Waals surface area contributed by atoms with Crippen molar-refractivity contribution < 1.29 is 0 Å². The Bertz CT molecular complexity index is 2370. The fourth-order valence-electron chi connectivity index (χ4n) is 7.35. The molecular weight excluding hydrogens is 599 g/mol. The van der Waals surface area contributed by atoms with Gasteiger partial charge in [0.05, 0.1) is 29.2 Å². The molecule has 0 unspecified atom stereocenters. The molecule has 1 heterocycles. The smallest absolute Gasteiger partial charge is 0.197 e. The Labute approximate surface area is 281 Å². The molecule has 0 spiro atoms. The van der Waals surface area contributed by atoms with Crippen molar-refractivity contribution in [3.05, 3.63) is 193 Å². The van der Waals surface area contributed by atoms with Crippen LogP contribution in [0.3, 0.4) is 0 Å². The number of benzene rings is 7. The average Bonchev–Trinajstić information content (AvgIpc) is 3.50. The van der Waals surface area contributed by atoms with E-state index in [1.54, 1.807) is 0 Å². The van der Waals surface area contributed by atoms with Gasteiger partial charge in [-0.3, -0.25) is 0 Å². The maximum absolute atomic E-state index is 10.7. The van der Waals surface area contributed by atoms with Gasteiger partial charge in [-0.2, -0.15) is 5.26 Å². The second-order valence-electron chi connectivity index (χ2n) is 11.9. The number of nitriles is 1. The summed E-state index contributed by atoms with van der Waals surface area (Å²) in [4.78, 5) is 4.00. The zero-order valence-electron chi connectivity index (χ0n) is 26.1. The SMILES string of the molecule is [C-]#[N+]c1cc(-n2c3ccccc3c3ccccc32)ccc1-c1ccc([Si](c2ccccc2)(c2ccccc2)c2ccccc2)cc1C#N. The van der Waals surface area contributed by atoms with E-state index in [2.05, 4.69) is 167 Å². The van der Waals surface area contributed by atoms with Crippen molar-refractivity contribution in [3.8, 4) is 22.9 Å². The molecule has 0 aliphatic heterocycles. The third kappa shape index (κ3) is 4.55. The highest BCUT2D eigenvalue weighted by atomic mass is 28.3. The molecule has 7 aromatic carbocycles. The van der Waals surface area contributed by atoms with E-state index in [0.717, 1.165) is 33.0 Å². The number of rotatable bonds is 6. The van der Waals surface area contributed by atoms with E-state index in [1.165, 1.54) is 26.3 Å². The third-order valence-corrected chi connectivity index (χ3v) is 14.2. The molecule has 3 nitrogen and oxygen atoms in total. The van der Waals surface area contributed by atoms with Gasteiger partial charge >= 0.3 is 0 Å². The van der Waals surface area contributed by atoms with Crippen LogP contribution in [0.5, 0.6) is 0 Å². The molecule has 0 atom stereocenters. The fraction of sp³-hybridized carbons (Fsp3) is 0. The van der Waals surface area contributed by atoms with Crippen molar-refractivity contribution in [3.63, 3.8) is 0 Å². The highest BCUT2D eigenvalue weighted by molar-refractivity contribution is 7.19. The highest BCUT2D eigenvalue weighted by Gasteiger charge is 2.41. The van der Waals surface area contributed by atoms with Gasteiger partial charge in [0.1, 0.15) is 0 Å². The van der Waals surface area contributed by atoms with E-state index in [0.29, 0.717) is 11.3 Å². The van der Waals surface area contributed by atoms with Gasteiger partial charge in [0.15, 0.2) is 13.8 Å². The highest BCUT2D eigenvalue weighted by Crippen LogP contribution is 2.37. The number of aromatic nitrogens is 1. The molecule has 0 amide bonds. The van der Waals surface area contributed by atoms with Crippen molar-refractivity contribution in [2.24, 2.45) is 0 Å². The number of nitrogens with zero attached hydrogens (tertiary/aromatic N) is 3. The first-order chi connectivity index (χ1) is 23.7. The largest absolute Gasteiger partial charge is 0.311 e. The quantitative estimate of drug-likeness (QED) is 0.104. The summed E-state index contributed by atoms with van der Waals surface area (Å²) < 4.78 is 2.22. The van der Waals surface area contributed by atoms with Gasteiger partial charge in [0.25, 0.3) is 0 Å². The van der Waals surface area contributed by atoms with Crippen molar-refractivity contribution in [1.29, 1.82) is 5.26 Å². The van der Waals surface area contributed by atoms with Gasteiger partial charge < -0.3 is 4.57 Å². The molecule has 4 heteroatoms. The molecule has 0 aliphatic carbocycles. The van der Waals surface area contributed by atoms with Gasteiger partial charge in [-0.15, -0.1) is 0 Å². The molecule has 48 heavy (non-hydrogen) atoms. The Balaban J connectivity index is 1.33. The second-order valence-corrected chi connectivity index (χ2v) is 15.7. The summed E-state index contributed by atoms with van der Waals surface area (Å²) >= 11 is 0. The normalized spacial score (nSPS) is 11.3. The zero-order valence-corrected chi connectivity index (χ0v) is 27.1. The van der Waals surface area contributed by atoms with Gasteiger partial charge in [0, 0.05) is 16.5 Å². The molecule has 8 rings (SSSR count). The lowest BCUT2D eigenvalue weighted by Gasteiger charge is -2.34. The number of para-hydroxylation sites is 2. The van der Waals surface area contributed by atoms with Crippen LogP contribution in [0.25, 0.3) is 43.5 Å². The van der Waals surface area contributed by atoms with E-state index in [9.17, 15) is 5.26 Å². The monoisotopic (exact) mass is 627 g/mol. The molecule has 0 saturated carbocycles. The van der Waals surface area contributed by atoms with E-state index in [1.807, 2.05) is 24.3 Å². The summed E-state index contributed by atoms with van der Waals surface area (Å²) in [6, 6.07) is 63.7. The van der Waals surface area contributed by atoms with E-state index in [4.69, 9.17) is 6.57 Å². The molecule has 0 bridgehead atoms. The third-order valence-electron chi connectivity index (χ3n) is 9.42. The second kappa shape index (κ2) is 12.0. The van der Waals surface area contributed by atoms with Crippen LogP contribution in [0.15, 0.2) is 176 Å². The van der Waals surface area contributed by atoms with Crippen LogP contribution >= 0.6 is 0 Å². The molecule has 0 radical (unpaired) electrons. The first-order valence-electron chi connectivity index (χ1n) is 16.0. The molecular formula is C44H29N3Si. The Kier molecular flexibility index (Phi) is 7.27. The minimum atomic E-state index is -2.81. The van der Waals surface area contributed by atoms with Crippen LogP contribution in [0, 0.1) is 17.9 Å². The summed E-state index contributed by atoms with van der Waals surface area (Å²) in [6.45, 7) is 8.23. The molecule has 224 valence electrons. The van der Waals surface area contributed by atoms with Crippen molar-refractivity contribution in [2.75, 3.05) is 0 Å². The van der Waals surface area contributed by atoms with Gasteiger partial charge in [-0.25, -0.2) is 4.85 Å². The number of fused-ring (bicyclic) bond motifs is 3. The Morgan fingerprint density at radius 3 is 1.48 bits per heavy atom. The summed E-state index contributed by atoms with van der Waals surface area (Å²) in [7, 11) is -2.81. The zero-order chi connectivity index (χ0) is 32.5. The van der Waals surface area contributed by atoms with Crippen molar-refractivity contribution >= 4 is 56.3 Å². The molecule has 1 aromatic heterocycles. The molecule has 0 saturated heterocycles. The van der Waals surface area contributed by atoms with Gasteiger partial charge in [0.2, 0.25) is 0 Å². The predicted molar refractivity (Wildman–Crippen MR) is 201 cm³/mol. The maximum atomic E-state index is 10.7. The Morgan fingerprint density at radius 1 is 0.500 bits per heavy atom. The Hall–Kier alpha value is -6.46. The average molecular weight is 628 g/mol. The lowest BCUT2D eigenvalue weighted by Crippen LogP contribution is -2.74. The van der Waals surface area contributed by atoms with Crippen LogP contribution < -0.4 is 20.7 Å². The summed E-state index contributed by atoms with van der Waals surface area (Å²) in [6.07, 6.45) is 0. The van der Waals surface area contributed by atoms with Crippen LogP contribution in [0.1, 0.15) is 5.56 Å². The first kappa shape index (κ1) is 29.0. The fourth-order valence-corrected chi connectivity index (χ4v) is 12.1. The maximum Gasteiger partial charge on any atom is 0.197 e. The minimum Gasteiger partial charge on any atom is -0.311 e. The molecule has 8 aromatic rings. The molecule has 0 aliphatic rings. The summed E-state index contributed by atoms with van der Waals surface area (Å²) in [5.74, 6) is 0. The van der Waals surface area contributed by atoms with Crippen molar-refractivity contribution in [2.45, 2.75) is 0 Å². The van der Waals surface area contributed by atoms with Crippen LogP contribution in [0.2, 0.25) is 0 Å². The van der Waals surface area contributed by atoms with E-state index < -0.39 is 8.07 Å². The van der Waals surface area contributed by atoms with Gasteiger partial charge in [-0.1, -0.05) is 146 Å². The standard InChI is InChI=1S/C44H29N3Si/c1-46-42-30-33(47-43-23-13-11-21-40(43)41-22-12-14-24-44(41)47)25-27-39(42)38-28-26-37(29-32(38)31-45)48(34-15-5-2-6-16-34,35-17-7-3-8-18-35)36-19-9-4-10-20-36/h2-30H. The minimum absolute atomic E-state index is 0.510. The lowest BCUT2D eigenvalue weighted by molar-refractivity contribution is 1.18.